The van der Waals surface area contributed by atoms with Gasteiger partial charge in [0.25, 0.3) is 0 Å². The van der Waals surface area contributed by atoms with Crippen LogP contribution in [0, 0.1) is 12.7 Å². The Morgan fingerprint density at radius 1 is 1.39 bits per heavy atom. The molecule has 0 spiro atoms. The average Bonchev–Trinajstić information content (AvgIpc) is 2.75. The maximum absolute atomic E-state index is 13.0. The van der Waals surface area contributed by atoms with Gasteiger partial charge in [0.1, 0.15) is 5.82 Å². The van der Waals surface area contributed by atoms with Gasteiger partial charge in [0.15, 0.2) is 0 Å². The highest BCUT2D eigenvalue weighted by Gasteiger charge is 2.11. The second-order valence-corrected chi connectivity index (χ2v) is 4.51. The van der Waals surface area contributed by atoms with Crippen LogP contribution in [0.4, 0.5) is 4.39 Å². The maximum Gasteiger partial charge on any atom is 0.240 e. The van der Waals surface area contributed by atoms with Crippen LogP contribution < -0.4 is 5.32 Å². The highest BCUT2D eigenvalue weighted by atomic mass is 19.1. The van der Waals surface area contributed by atoms with E-state index in [0.717, 1.165) is 11.1 Å². The van der Waals surface area contributed by atoms with E-state index in [1.54, 1.807) is 6.07 Å². The van der Waals surface area contributed by atoms with E-state index >= 15 is 0 Å². The lowest BCUT2D eigenvalue weighted by Gasteiger charge is -2.03. The molecule has 0 bridgehead atoms. The number of hydrogen-bond acceptors (Lipinski definition) is 4. The van der Waals surface area contributed by atoms with E-state index in [-0.39, 0.29) is 5.82 Å². The zero-order valence-electron chi connectivity index (χ0n) is 10.7. The molecule has 1 aromatic heterocycles. The van der Waals surface area contributed by atoms with Gasteiger partial charge >= 0.3 is 0 Å². The van der Waals surface area contributed by atoms with Crippen molar-refractivity contribution >= 4 is 0 Å². The lowest BCUT2D eigenvalue weighted by molar-refractivity contribution is 0.362. The first-order valence-corrected chi connectivity index (χ1v) is 5.89. The van der Waals surface area contributed by atoms with Gasteiger partial charge in [-0.3, -0.25) is 0 Å². The van der Waals surface area contributed by atoms with Crippen LogP contribution in [0.5, 0.6) is 0 Å². The number of halogens is 1. The van der Waals surface area contributed by atoms with Gasteiger partial charge in [0.2, 0.25) is 11.7 Å². The maximum atomic E-state index is 13.0. The Morgan fingerprint density at radius 2 is 2.17 bits per heavy atom. The third-order valence-corrected chi connectivity index (χ3v) is 2.56. The minimum atomic E-state index is -0.263. The Labute approximate surface area is 105 Å². The Kier molecular flexibility index (Phi) is 3.72. The van der Waals surface area contributed by atoms with Gasteiger partial charge in [0.05, 0.1) is 6.54 Å². The summed E-state index contributed by atoms with van der Waals surface area (Å²) in [5.41, 5.74) is 1.58. The highest BCUT2D eigenvalue weighted by molar-refractivity contribution is 5.59. The van der Waals surface area contributed by atoms with Gasteiger partial charge in [-0.1, -0.05) is 19.0 Å². The first kappa shape index (κ1) is 12.7. The van der Waals surface area contributed by atoms with Crippen LogP contribution >= 0.6 is 0 Å². The molecule has 0 radical (unpaired) electrons. The first-order valence-electron chi connectivity index (χ1n) is 5.89. The molecule has 1 heterocycles. The summed E-state index contributed by atoms with van der Waals surface area (Å²) < 4.78 is 18.1. The molecular formula is C13H16FN3O. The van der Waals surface area contributed by atoms with E-state index < -0.39 is 0 Å². The van der Waals surface area contributed by atoms with Crippen molar-refractivity contribution in [2.24, 2.45) is 0 Å². The van der Waals surface area contributed by atoms with Crippen LogP contribution in [0.2, 0.25) is 0 Å². The predicted octanol–water partition coefficient (Wildman–Crippen LogP) is 2.68. The molecule has 5 heteroatoms. The molecule has 0 aliphatic heterocycles. The van der Waals surface area contributed by atoms with Crippen molar-refractivity contribution in [3.63, 3.8) is 0 Å². The number of hydrogen-bond donors (Lipinski definition) is 1. The monoisotopic (exact) mass is 249 g/mol. The van der Waals surface area contributed by atoms with Crippen LogP contribution in [0.15, 0.2) is 22.7 Å². The normalized spacial score (nSPS) is 11.2. The molecule has 1 N–H and O–H groups in total. The minimum absolute atomic E-state index is 0.263. The molecule has 18 heavy (non-hydrogen) atoms. The van der Waals surface area contributed by atoms with Crippen molar-refractivity contribution in [2.45, 2.75) is 33.4 Å². The third kappa shape index (κ3) is 2.92. The van der Waals surface area contributed by atoms with Gasteiger partial charge in [-0.2, -0.15) is 4.98 Å². The van der Waals surface area contributed by atoms with E-state index in [0.29, 0.717) is 24.3 Å². The van der Waals surface area contributed by atoms with E-state index in [2.05, 4.69) is 15.5 Å². The molecule has 1 aromatic carbocycles. The van der Waals surface area contributed by atoms with Crippen LogP contribution in [-0.2, 0) is 6.54 Å². The minimum Gasteiger partial charge on any atom is -0.338 e. The molecule has 0 aliphatic rings. The van der Waals surface area contributed by atoms with E-state index in [1.165, 1.54) is 12.1 Å². The molecule has 0 unspecified atom stereocenters. The number of benzene rings is 1. The zero-order chi connectivity index (χ0) is 13.1. The van der Waals surface area contributed by atoms with E-state index in [1.807, 2.05) is 20.8 Å². The Balaban J connectivity index is 2.18. The average molecular weight is 249 g/mol. The lowest BCUT2D eigenvalue weighted by Crippen LogP contribution is -2.21. The molecule has 0 amide bonds. The summed E-state index contributed by atoms with van der Waals surface area (Å²) in [4.78, 5) is 4.28. The third-order valence-electron chi connectivity index (χ3n) is 2.56. The molecule has 0 saturated carbocycles. The number of nitrogens with one attached hydrogen (secondary N) is 1. The van der Waals surface area contributed by atoms with Crippen molar-refractivity contribution in [2.75, 3.05) is 0 Å². The van der Waals surface area contributed by atoms with Crippen molar-refractivity contribution in [1.82, 2.24) is 15.5 Å². The van der Waals surface area contributed by atoms with Gasteiger partial charge in [-0.15, -0.1) is 0 Å². The summed E-state index contributed by atoms with van der Waals surface area (Å²) in [5.74, 6) is 0.761. The smallest absolute Gasteiger partial charge is 0.240 e. The summed E-state index contributed by atoms with van der Waals surface area (Å²) in [6.45, 7) is 6.44. The Hall–Kier alpha value is -1.75. The SMILES string of the molecule is Cc1cc(F)ccc1-c1noc(CNC(C)C)n1. The fourth-order valence-corrected chi connectivity index (χ4v) is 1.61. The summed E-state index contributed by atoms with van der Waals surface area (Å²) in [6.07, 6.45) is 0. The standard InChI is InChI=1S/C13H16FN3O/c1-8(2)15-7-12-16-13(17-18-12)11-5-4-10(14)6-9(11)3/h4-6,8,15H,7H2,1-3H3. The van der Waals surface area contributed by atoms with Gasteiger partial charge < -0.3 is 9.84 Å². The Morgan fingerprint density at radius 3 is 2.83 bits per heavy atom. The van der Waals surface area contributed by atoms with Gasteiger partial charge in [-0.05, 0) is 30.7 Å². The quantitative estimate of drug-likeness (QED) is 0.905. The highest BCUT2D eigenvalue weighted by Crippen LogP contribution is 2.21. The van der Waals surface area contributed by atoms with E-state index in [4.69, 9.17) is 4.52 Å². The van der Waals surface area contributed by atoms with Gasteiger partial charge in [-0.25, -0.2) is 4.39 Å². The van der Waals surface area contributed by atoms with Crippen LogP contribution in [-0.4, -0.2) is 16.2 Å². The van der Waals surface area contributed by atoms with Crippen LogP contribution in [0.25, 0.3) is 11.4 Å². The largest absolute Gasteiger partial charge is 0.338 e. The van der Waals surface area contributed by atoms with Crippen molar-refractivity contribution < 1.29 is 8.91 Å². The molecule has 0 aliphatic carbocycles. The second-order valence-electron chi connectivity index (χ2n) is 4.51. The van der Waals surface area contributed by atoms with Crippen molar-refractivity contribution in [1.29, 1.82) is 0 Å². The molecule has 0 atom stereocenters. The number of rotatable bonds is 4. The summed E-state index contributed by atoms with van der Waals surface area (Å²) >= 11 is 0. The zero-order valence-corrected chi connectivity index (χ0v) is 10.7. The number of aromatic nitrogens is 2. The van der Waals surface area contributed by atoms with Crippen LogP contribution in [0.1, 0.15) is 25.3 Å². The molecule has 2 rings (SSSR count). The fourth-order valence-electron chi connectivity index (χ4n) is 1.61. The summed E-state index contributed by atoms with van der Waals surface area (Å²) in [7, 11) is 0. The number of nitrogens with zero attached hydrogens (tertiary/aromatic N) is 2. The van der Waals surface area contributed by atoms with Crippen LogP contribution in [0.3, 0.4) is 0 Å². The topological polar surface area (TPSA) is 51.0 Å². The fraction of sp³-hybridized carbons (Fsp3) is 0.385. The second kappa shape index (κ2) is 5.27. The summed E-state index contributed by atoms with van der Waals surface area (Å²) in [6, 6.07) is 4.87. The molecular weight excluding hydrogens is 233 g/mol. The Bertz CT molecular complexity index is 537. The van der Waals surface area contributed by atoms with E-state index in [9.17, 15) is 4.39 Å². The lowest BCUT2D eigenvalue weighted by atomic mass is 10.1. The molecule has 0 fully saturated rings. The first-order chi connectivity index (χ1) is 8.56. The molecule has 0 saturated heterocycles. The van der Waals surface area contributed by atoms with Crippen molar-refractivity contribution in [3.8, 4) is 11.4 Å². The van der Waals surface area contributed by atoms with Gasteiger partial charge in [0, 0.05) is 11.6 Å². The molecule has 2 aromatic rings. The summed E-state index contributed by atoms with van der Waals surface area (Å²) in [5, 5.41) is 7.10. The van der Waals surface area contributed by atoms with Crippen molar-refractivity contribution in [3.05, 3.63) is 35.5 Å². The molecule has 4 nitrogen and oxygen atoms in total. The number of aryl methyl sites for hydroxylation is 1. The molecule has 96 valence electrons. The predicted molar refractivity (Wildman–Crippen MR) is 66.4 cm³/mol.